The van der Waals surface area contributed by atoms with Crippen molar-refractivity contribution in [3.8, 4) is 0 Å². The zero-order chi connectivity index (χ0) is 10.7. The molecule has 1 aromatic rings. The van der Waals surface area contributed by atoms with Crippen LogP contribution < -0.4 is 0 Å². The number of rotatable bonds is 2. The number of hydrogen-bond acceptors (Lipinski definition) is 2. The number of carbonyl (C=O) groups excluding carboxylic acids is 1. The summed E-state index contributed by atoms with van der Waals surface area (Å²) in [6.45, 7) is 1.76. The minimum Gasteiger partial charge on any atom is -0.465 e. The molecule has 14 heavy (non-hydrogen) atoms. The van der Waals surface area contributed by atoms with Crippen LogP contribution in [-0.2, 0) is 10.1 Å². The van der Waals surface area contributed by atoms with Crippen LogP contribution in [0.5, 0.6) is 0 Å². The van der Waals surface area contributed by atoms with Gasteiger partial charge in [0.25, 0.3) is 0 Å². The van der Waals surface area contributed by atoms with Crippen LogP contribution in [0, 0.1) is 12.7 Å². The van der Waals surface area contributed by atoms with Gasteiger partial charge in [-0.15, -0.1) is 0 Å². The Kier molecular flexibility index (Phi) is 3.63. The van der Waals surface area contributed by atoms with E-state index in [-0.39, 0.29) is 5.56 Å². The lowest BCUT2D eigenvalue weighted by molar-refractivity contribution is 0.0599. The monoisotopic (exact) mass is 260 g/mol. The van der Waals surface area contributed by atoms with E-state index in [9.17, 15) is 9.18 Å². The van der Waals surface area contributed by atoms with Gasteiger partial charge in [-0.3, -0.25) is 0 Å². The summed E-state index contributed by atoms with van der Waals surface area (Å²) in [6, 6.07) is 2.58. The highest BCUT2D eigenvalue weighted by atomic mass is 79.9. The highest BCUT2D eigenvalue weighted by Crippen LogP contribution is 2.20. The molecular weight excluding hydrogens is 251 g/mol. The van der Waals surface area contributed by atoms with Gasteiger partial charge in [-0.1, -0.05) is 15.9 Å². The van der Waals surface area contributed by atoms with Crippen molar-refractivity contribution < 1.29 is 13.9 Å². The summed E-state index contributed by atoms with van der Waals surface area (Å²) in [4.78, 5) is 11.3. The first-order valence-electron chi connectivity index (χ1n) is 4.03. The molecular formula is C10H10BrFO2. The van der Waals surface area contributed by atoms with Crippen molar-refractivity contribution in [3.05, 3.63) is 34.6 Å². The van der Waals surface area contributed by atoms with E-state index in [0.29, 0.717) is 5.33 Å². The van der Waals surface area contributed by atoms with E-state index in [4.69, 9.17) is 0 Å². The Hall–Kier alpha value is -0.900. The van der Waals surface area contributed by atoms with E-state index >= 15 is 0 Å². The number of benzene rings is 1. The van der Waals surface area contributed by atoms with Crippen molar-refractivity contribution in [2.24, 2.45) is 0 Å². The Morgan fingerprint density at radius 3 is 2.71 bits per heavy atom. The number of methoxy groups -OCH3 is 1. The summed E-state index contributed by atoms with van der Waals surface area (Å²) in [7, 11) is 1.28. The van der Waals surface area contributed by atoms with E-state index in [1.54, 1.807) is 6.92 Å². The quantitative estimate of drug-likeness (QED) is 0.604. The highest BCUT2D eigenvalue weighted by molar-refractivity contribution is 9.08. The average Bonchev–Trinajstić information content (AvgIpc) is 2.15. The predicted octanol–water partition coefficient (Wildman–Crippen LogP) is 2.82. The van der Waals surface area contributed by atoms with E-state index in [1.807, 2.05) is 0 Å². The lowest BCUT2D eigenvalue weighted by Crippen LogP contribution is -2.07. The molecule has 0 atom stereocenters. The maximum Gasteiger partial charge on any atom is 0.338 e. The molecule has 0 aliphatic carbocycles. The van der Waals surface area contributed by atoms with Gasteiger partial charge in [0.1, 0.15) is 5.82 Å². The summed E-state index contributed by atoms with van der Waals surface area (Å²) < 4.78 is 17.6. The summed E-state index contributed by atoms with van der Waals surface area (Å²) in [5, 5.41) is 0.504. The lowest BCUT2D eigenvalue weighted by Gasteiger charge is -2.08. The van der Waals surface area contributed by atoms with Crippen molar-refractivity contribution in [2.45, 2.75) is 12.3 Å². The number of alkyl halides is 1. The number of ether oxygens (including phenoxy) is 1. The fourth-order valence-electron chi connectivity index (χ4n) is 1.24. The normalized spacial score (nSPS) is 10.0. The second kappa shape index (κ2) is 4.55. The first kappa shape index (κ1) is 11.2. The molecule has 76 valence electrons. The summed E-state index contributed by atoms with van der Waals surface area (Å²) in [5.74, 6) is -0.936. The summed E-state index contributed by atoms with van der Waals surface area (Å²) >= 11 is 3.25. The Labute approximate surface area is 90.2 Å². The standard InChI is InChI=1S/C10H10BrFO2/c1-6-3-7(12)4-8(9(6)5-11)10(13)14-2/h3-4H,5H2,1-2H3. The Morgan fingerprint density at radius 2 is 2.21 bits per heavy atom. The molecule has 0 heterocycles. The van der Waals surface area contributed by atoms with Crippen LogP contribution in [0.4, 0.5) is 4.39 Å². The molecule has 0 radical (unpaired) electrons. The molecule has 1 aromatic carbocycles. The van der Waals surface area contributed by atoms with Gasteiger partial charge < -0.3 is 4.74 Å². The van der Waals surface area contributed by atoms with Crippen LogP contribution in [0.1, 0.15) is 21.5 Å². The maximum atomic E-state index is 13.0. The van der Waals surface area contributed by atoms with Gasteiger partial charge in [-0.25, -0.2) is 9.18 Å². The fourth-order valence-corrected chi connectivity index (χ4v) is 1.99. The maximum absolute atomic E-state index is 13.0. The van der Waals surface area contributed by atoms with Crippen molar-refractivity contribution in [1.29, 1.82) is 0 Å². The van der Waals surface area contributed by atoms with Crippen LogP contribution >= 0.6 is 15.9 Å². The molecule has 0 N–H and O–H groups in total. The zero-order valence-corrected chi connectivity index (χ0v) is 9.52. The van der Waals surface area contributed by atoms with Crippen LogP contribution in [0.3, 0.4) is 0 Å². The number of carbonyl (C=O) groups is 1. The van der Waals surface area contributed by atoms with Gasteiger partial charge in [0, 0.05) is 5.33 Å². The second-order valence-electron chi connectivity index (χ2n) is 2.87. The Morgan fingerprint density at radius 1 is 1.57 bits per heavy atom. The smallest absolute Gasteiger partial charge is 0.338 e. The Balaban J connectivity index is 3.32. The van der Waals surface area contributed by atoms with Gasteiger partial charge in [-0.05, 0) is 30.2 Å². The molecule has 0 spiro atoms. The molecule has 0 saturated heterocycles. The fraction of sp³-hybridized carbons (Fsp3) is 0.300. The molecule has 0 aliphatic heterocycles. The van der Waals surface area contributed by atoms with E-state index in [2.05, 4.69) is 20.7 Å². The molecule has 0 aliphatic rings. The van der Waals surface area contributed by atoms with Crippen LogP contribution in [0.2, 0.25) is 0 Å². The van der Waals surface area contributed by atoms with Crippen molar-refractivity contribution in [3.63, 3.8) is 0 Å². The highest BCUT2D eigenvalue weighted by Gasteiger charge is 2.14. The average molecular weight is 261 g/mol. The molecule has 1 rings (SSSR count). The zero-order valence-electron chi connectivity index (χ0n) is 7.93. The van der Waals surface area contributed by atoms with Gasteiger partial charge in [0.15, 0.2) is 0 Å². The number of aryl methyl sites for hydroxylation is 1. The SMILES string of the molecule is COC(=O)c1cc(F)cc(C)c1CBr. The van der Waals surface area contributed by atoms with Gasteiger partial charge in [0.2, 0.25) is 0 Å². The van der Waals surface area contributed by atoms with Crippen molar-refractivity contribution >= 4 is 21.9 Å². The molecule has 2 nitrogen and oxygen atoms in total. The van der Waals surface area contributed by atoms with Crippen molar-refractivity contribution in [2.75, 3.05) is 7.11 Å². The third-order valence-corrected chi connectivity index (χ3v) is 2.54. The third-order valence-electron chi connectivity index (χ3n) is 1.98. The van der Waals surface area contributed by atoms with E-state index in [1.165, 1.54) is 19.2 Å². The number of hydrogen-bond donors (Lipinski definition) is 0. The van der Waals surface area contributed by atoms with E-state index in [0.717, 1.165) is 11.1 Å². The predicted molar refractivity (Wildman–Crippen MR) is 55.1 cm³/mol. The summed E-state index contributed by atoms with van der Waals surface area (Å²) in [6.07, 6.45) is 0. The molecule has 4 heteroatoms. The van der Waals surface area contributed by atoms with Gasteiger partial charge in [-0.2, -0.15) is 0 Å². The van der Waals surface area contributed by atoms with E-state index < -0.39 is 11.8 Å². The van der Waals surface area contributed by atoms with Crippen LogP contribution in [0.15, 0.2) is 12.1 Å². The molecule has 0 amide bonds. The van der Waals surface area contributed by atoms with Crippen LogP contribution in [-0.4, -0.2) is 13.1 Å². The van der Waals surface area contributed by atoms with Crippen LogP contribution in [0.25, 0.3) is 0 Å². The molecule has 0 unspecified atom stereocenters. The lowest BCUT2D eigenvalue weighted by atomic mass is 10.0. The molecule has 0 fully saturated rings. The number of halogens is 2. The number of esters is 1. The largest absolute Gasteiger partial charge is 0.465 e. The molecule has 0 bridgehead atoms. The minimum atomic E-state index is -0.512. The first-order chi connectivity index (χ1) is 6.60. The van der Waals surface area contributed by atoms with Gasteiger partial charge in [0.05, 0.1) is 12.7 Å². The first-order valence-corrected chi connectivity index (χ1v) is 5.15. The minimum absolute atomic E-state index is 0.280. The Bertz CT molecular complexity index is 363. The molecule has 0 saturated carbocycles. The topological polar surface area (TPSA) is 26.3 Å². The second-order valence-corrected chi connectivity index (χ2v) is 3.43. The third kappa shape index (κ3) is 2.12. The van der Waals surface area contributed by atoms with Gasteiger partial charge >= 0.3 is 5.97 Å². The summed E-state index contributed by atoms with van der Waals surface area (Å²) in [5.41, 5.74) is 1.78. The van der Waals surface area contributed by atoms with Crippen molar-refractivity contribution in [1.82, 2.24) is 0 Å². The molecule has 0 aromatic heterocycles.